The van der Waals surface area contributed by atoms with Crippen LogP contribution in [0.4, 0.5) is 4.39 Å². The molecule has 2 unspecified atom stereocenters. The Balaban J connectivity index is 2.36. The molecule has 3 nitrogen and oxygen atoms in total. The Morgan fingerprint density at radius 3 is 3.00 bits per heavy atom. The summed E-state index contributed by atoms with van der Waals surface area (Å²) in [4.78, 5) is 0. The van der Waals surface area contributed by atoms with Gasteiger partial charge in [0.2, 0.25) is 0 Å². The maximum Gasteiger partial charge on any atom is 0.155 e. The van der Waals surface area contributed by atoms with E-state index in [0.717, 1.165) is 17.3 Å². The number of alkyl halides is 1. The van der Waals surface area contributed by atoms with Crippen molar-refractivity contribution in [3.05, 3.63) is 16.4 Å². The zero-order chi connectivity index (χ0) is 11.1. The van der Waals surface area contributed by atoms with Gasteiger partial charge in [0.15, 0.2) is 5.67 Å². The van der Waals surface area contributed by atoms with E-state index in [9.17, 15) is 4.39 Å². The van der Waals surface area contributed by atoms with Gasteiger partial charge in [-0.25, -0.2) is 4.39 Å². The van der Waals surface area contributed by atoms with Crippen molar-refractivity contribution in [2.75, 3.05) is 0 Å². The molecule has 1 aromatic heterocycles. The molecule has 0 saturated heterocycles. The van der Waals surface area contributed by atoms with Gasteiger partial charge in [-0.1, -0.05) is 0 Å². The monoisotopic (exact) mass is 275 g/mol. The van der Waals surface area contributed by atoms with Crippen LogP contribution in [0.3, 0.4) is 0 Å². The summed E-state index contributed by atoms with van der Waals surface area (Å²) < 4.78 is 17.1. The standard InChI is InChI=1S/C10H15BrFN3/c1-15-9(8(11)6-14-15)10(12)4-2-3-7(13)5-10/h6-7H,2-5,13H2,1H3. The highest BCUT2D eigenvalue weighted by molar-refractivity contribution is 9.10. The second kappa shape index (κ2) is 3.87. The maximum atomic E-state index is 14.7. The lowest BCUT2D eigenvalue weighted by molar-refractivity contribution is 0.0845. The predicted octanol–water partition coefficient (Wildman–Crippen LogP) is 2.25. The van der Waals surface area contributed by atoms with Crippen LogP contribution in [0.5, 0.6) is 0 Å². The smallest absolute Gasteiger partial charge is 0.155 e. The maximum absolute atomic E-state index is 14.7. The lowest BCUT2D eigenvalue weighted by atomic mass is 9.81. The van der Waals surface area contributed by atoms with Crippen LogP contribution >= 0.6 is 15.9 Å². The van der Waals surface area contributed by atoms with E-state index in [-0.39, 0.29) is 6.04 Å². The number of halogens is 2. The molecule has 2 atom stereocenters. The molecular weight excluding hydrogens is 261 g/mol. The SMILES string of the molecule is Cn1ncc(Br)c1C1(F)CCCC(N)C1. The fourth-order valence-electron chi connectivity index (χ4n) is 2.39. The van der Waals surface area contributed by atoms with Crippen LogP contribution in [0.1, 0.15) is 31.4 Å². The van der Waals surface area contributed by atoms with Gasteiger partial charge < -0.3 is 5.73 Å². The molecule has 2 N–H and O–H groups in total. The first-order chi connectivity index (χ1) is 7.03. The van der Waals surface area contributed by atoms with Crippen LogP contribution in [-0.4, -0.2) is 15.8 Å². The minimum absolute atomic E-state index is 0.0365. The fraction of sp³-hybridized carbons (Fsp3) is 0.700. The highest BCUT2D eigenvalue weighted by atomic mass is 79.9. The summed E-state index contributed by atoms with van der Waals surface area (Å²) in [6.07, 6.45) is 4.33. The van der Waals surface area contributed by atoms with E-state index in [1.54, 1.807) is 17.9 Å². The van der Waals surface area contributed by atoms with Gasteiger partial charge in [0.1, 0.15) is 0 Å². The number of aromatic nitrogens is 2. The van der Waals surface area contributed by atoms with Gasteiger partial charge in [-0.05, 0) is 35.2 Å². The van der Waals surface area contributed by atoms with Crippen molar-refractivity contribution in [1.82, 2.24) is 9.78 Å². The second-order valence-electron chi connectivity index (χ2n) is 4.29. The molecule has 1 aliphatic carbocycles. The van der Waals surface area contributed by atoms with E-state index in [1.165, 1.54) is 0 Å². The molecular formula is C10H15BrFN3. The van der Waals surface area contributed by atoms with Gasteiger partial charge in [0, 0.05) is 19.5 Å². The number of nitrogens with zero attached hydrogens (tertiary/aromatic N) is 2. The summed E-state index contributed by atoms with van der Waals surface area (Å²) >= 11 is 3.34. The van der Waals surface area contributed by atoms with Crippen molar-refractivity contribution in [2.45, 2.75) is 37.4 Å². The van der Waals surface area contributed by atoms with Crippen LogP contribution in [0.25, 0.3) is 0 Å². The van der Waals surface area contributed by atoms with Gasteiger partial charge in [0.05, 0.1) is 16.4 Å². The van der Waals surface area contributed by atoms with Gasteiger partial charge in [-0.15, -0.1) is 0 Å². The van der Waals surface area contributed by atoms with Crippen molar-refractivity contribution in [3.8, 4) is 0 Å². The van der Waals surface area contributed by atoms with Crippen molar-refractivity contribution in [2.24, 2.45) is 12.8 Å². The highest BCUT2D eigenvalue weighted by Crippen LogP contribution is 2.42. The van der Waals surface area contributed by atoms with Crippen molar-refractivity contribution in [1.29, 1.82) is 0 Å². The molecule has 1 heterocycles. The quantitative estimate of drug-likeness (QED) is 0.855. The van der Waals surface area contributed by atoms with Crippen molar-refractivity contribution >= 4 is 15.9 Å². The summed E-state index contributed by atoms with van der Waals surface area (Å²) in [6, 6.07) is -0.0365. The van der Waals surface area contributed by atoms with Gasteiger partial charge in [0.25, 0.3) is 0 Å². The van der Waals surface area contributed by atoms with E-state index in [4.69, 9.17) is 5.73 Å². The third kappa shape index (κ3) is 1.95. The number of hydrogen-bond acceptors (Lipinski definition) is 2. The number of hydrogen-bond donors (Lipinski definition) is 1. The minimum Gasteiger partial charge on any atom is -0.328 e. The third-order valence-electron chi connectivity index (χ3n) is 3.05. The average molecular weight is 276 g/mol. The summed E-state index contributed by atoms with van der Waals surface area (Å²) in [5.41, 5.74) is 5.14. The Kier molecular flexibility index (Phi) is 2.85. The van der Waals surface area contributed by atoms with Crippen LogP contribution in [-0.2, 0) is 12.7 Å². The first-order valence-electron chi connectivity index (χ1n) is 5.15. The number of aryl methyl sites for hydroxylation is 1. The average Bonchev–Trinajstić information content (AvgIpc) is 2.46. The molecule has 5 heteroatoms. The van der Waals surface area contributed by atoms with E-state index in [2.05, 4.69) is 21.0 Å². The second-order valence-corrected chi connectivity index (χ2v) is 5.14. The molecule has 1 aromatic rings. The zero-order valence-electron chi connectivity index (χ0n) is 8.71. The first kappa shape index (κ1) is 11.1. The first-order valence-corrected chi connectivity index (χ1v) is 5.95. The summed E-state index contributed by atoms with van der Waals surface area (Å²) in [7, 11) is 1.77. The van der Waals surface area contributed by atoms with E-state index >= 15 is 0 Å². The van der Waals surface area contributed by atoms with Gasteiger partial charge in [-0.2, -0.15) is 5.10 Å². The summed E-state index contributed by atoms with van der Waals surface area (Å²) in [6.45, 7) is 0. The molecule has 2 rings (SSSR count). The van der Waals surface area contributed by atoms with Crippen molar-refractivity contribution < 1.29 is 4.39 Å². The molecule has 1 fully saturated rings. The number of nitrogens with two attached hydrogens (primary N) is 1. The van der Waals surface area contributed by atoms with Gasteiger partial charge in [-0.3, -0.25) is 4.68 Å². The van der Waals surface area contributed by atoms with E-state index in [1.807, 2.05) is 0 Å². The largest absolute Gasteiger partial charge is 0.328 e. The topological polar surface area (TPSA) is 43.8 Å². The summed E-state index contributed by atoms with van der Waals surface area (Å²) in [5.74, 6) is 0. The zero-order valence-corrected chi connectivity index (χ0v) is 10.3. The lowest BCUT2D eigenvalue weighted by Crippen LogP contribution is -2.37. The molecule has 0 aliphatic heterocycles. The third-order valence-corrected chi connectivity index (χ3v) is 3.63. The molecule has 1 aliphatic rings. The van der Waals surface area contributed by atoms with E-state index < -0.39 is 5.67 Å². The Morgan fingerprint density at radius 1 is 1.73 bits per heavy atom. The normalized spacial score (nSPS) is 31.9. The lowest BCUT2D eigenvalue weighted by Gasteiger charge is -2.33. The Hall–Kier alpha value is -0.420. The van der Waals surface area contributed by atoms with Gasteiger partial charge >= 0.3 is 0 Å². The Labute approximate surface area is 97.0 Å². The Bertz CT molecular complexity index is 346. The molecule has 15 heavy (non-hydrogen) atoms. The molecule has 0 amide bonds. The molecule has 0 aromatic carbocycles. The molecule has 84 valence electrons. The molecule has 1 saturated carbocycles. The molecule has 0 radical (unpaired) electrons. The van der Waals surface area contributed by atoms with E-state index in [0.29, 0.717) is 18.5 Å². The predicted molar refractivity (Wildman–Crippen MR) is 60.1 cm³/mol. The Morgan fingerprint density at radius 2 is 2.47 bits per heavy atom. The van der Waals surface area contributed by atoms with Crippen LogP contribution < -0.4 is 5.73 Å². The molecule has 0 spiro atoms. The van der Waals surface area contributed by atoms with Crippen LogP contribution in [0.15, 0.2) is 10.7 Å². The minimum atomic E-state index is -1.32. The molecule has 0 bridgehead atoms. The van der Waals surface area contributed by atoms with Crippen LogP contribution in [0.2, 0.25) is 0 Å². The highest BCUT2D eigenvalue weighted by Gasteiger charge is 2.40. The number of rotatable bonds is 1. The van der Waals surface area contributed by atoms with Crippen LogP contribution in [0, 0.1) is 0 Å². The fourth-order valence-corrected chi connectivity index (χ4v) is 3.10. The summed E-state index contributed by atoms with van der Waals surface area (Å²) in [5, 5.41) is 4.05. The van der Waals surface area contributed by atoms with Crippen molar-refractivity contribution in [3.63, 3.8) is 0 Å².